The maximum Gasteiger partial charge on any atom is 0.408 e. The number of benzene rings is 1. The van der Waals surface area contributed by atoms with E-state index in [0.29, 0.717) is 6.54 Å². The molecule has 0 saturated carbocycles. The van der Waals surface area contributed by atoms with E-state index in [-0.39, 0.29) is 24.4 Å². The van der Waals surface area contributed by atoms with Crippen LogP contribution in [0.1, 0.15) is 90.0 Å². The number of hydrogen-bond donors (Lipinski definition) is 2. The Labute approximate surface area is 199 Å². The lowest BCUT2D eigenvalue weighted by Gasteiger charge is -2.34. The van der Waals surface area contributed by atoms with Gasteiger partial charge in [0.25, 0.3) is 0 Å². The van der Waals surface area contributed by atoms with Crippen molar-refractivity contribution < 1.29 is 19.1 Å². The van der Waals surface area contributed by atoms with Crippen LogP contribution in [-0.4, -0.2) is 47.5 Å². The molecule has 0 aliphatic rings. The first-order chi connectivity index (χ1) is 15.4. The van der Waals surface area contributed by atoms with Crippen molar-refractivity contribution in [3.05, 3.63) is 34.9 Å². The Kier molecular flexibility index (Phi) is 11.4. The number of rotatable bonds is 11. The Morgan fingerprint density at radius 2 is 1.67 bits per heavy atom. The monoisotopic (exact) mass is 461 g/mol. The van der Waals surface area contributed by atoms with Crippen LogP contribution < -0.4 is 10.6 Å². The van der Waals surface area contributed by atoms with Crippen molar-refractivity contribution in [3.63, 3.8) is 0 Å². The van der Waals surface area contributed by atoms with E-state index >= 15 is 0 Å². The quantitative estimate of drug-likeness (QED) is 0.495. The molecule has 1 aromatic rings. The molecule has 0 aliphatic carbocycles. The molecule has 0 heterocycles. The van der Waals surface area contributed by atoms with E-state index < -0.39 is 17.7 Å². The molecule has 0 saturated heterocycles. The summed E-state index contributed by atoms with van der Waals surface area (Å²) in [5.74, 6) is -0.518. The van der Waals surface area contributed by atoms with E-state index in [1.807, 2.05) is 45.9 Å². The van der Waals surface area contributed by atoms with E-state index in [2.05, 4.69) is 17.6 Å². The van der Waals surface area contributed by atoms with Gasteiger partial charge in [0.15, 0.2) is 0 Å². The van der Waals surface area contributed by atoms with Gasteiger partial charge in [0.2, 0.25) is 11.8 Å². The summed E-state index contributed by atoms with van der Waals surface area (Å²) in [5.41, 5.74) is 2.08. The van der Waals surface area contributed by atoms with Crippen molar-refractivity contribution in [2.45, 2.75) is 98.8 Å². The minimum absolute atomic E-state index is 0.00246. The van der Waals surface area contributed by atoms with Gasteiger partial charge in [-0.3, -0.25) is 9.59 Å². The average molecular weight is 462 g/mol. The number of hydrogen-bond acceptors (Lipinski definition) is 4. The lowest BCUT2D eigenvalue weighted by molar-refractivity contribution is -0.140. The second-order valence-electron chi connectivity index (χ2n) is 9.70. The molecule has 0 bridgehead atoms. The van der Waals surface area contributed by atoms with Crippen LogP contribution >= 0.6 is 0 Å². The molecule has 2 N–H and O–H groups in total. The molecule has 0 radical (unpaired) electrons. The number of alkyl carbamates (subject to hydrolysis) is 1. The second-order valence-corrected chi connectivity index (χ2v) is 9.70. The minimum Gasteiger partial charge on any atom is -0.444 e. The van der Waals surface area contributed by atoms with Crippen molar-refractivity contribution in [2.75, 3.05) is 13.1 Å². The number of nitrogens with zero attached hydrogens (tertiary/aromatic N) is 1. The van der Waals surface area contributed by atoms with Gasteiger partial charge < -0.3 is 20.3 Å². The standard InChI is InChI=1S/C26H43N3O4/c1-9-11-16-29(21(30)17-27-25(32)33-26(6,7)8)23(24(31)28-20(5)13-10-2)22-18(3)14-12-15-19(22)4/h12,14-15,20,23H,9-11,13,16-17H2,1-8H3,(H,27,32)(H,28,31). The predicted molar refractivity (Wildman–Crippen MR) is 132 cm³/mol. The summed E-state index contributed by atoms with van der Waals surface area (Å²) in [7, 11) is 0. The molecule has 7 nitrogen and oxygen atoms in total. The molecule has 2 atom stereocenters. The van der Waals surface area contributed by atoms with Gasteiger partial charge >= 0.3 is 6.09 Å². The number of amides is 3. The number of aryl methyl sites for hydroxylation is 2. The van der Waals surface area contributed by atoms with Gasteiger partial charge in [-0.15, -0.1) is 0 Å². The summed E-state index contributed by atoms with van der Waals surface area (Å²) in [6, 6.07) is 5.09. The van der Waals surface area contributed by atoms with Crippen LogP contribution in [0.15, 0.2) is 18.2 Å². The van der Waals surface area contributed by atoms with Crippen LogP contribution in [0.3, 0.4) is 0 Å². The number of nitrogens with one attached hydrogen (secondary N) is 2. The Bertz CT molecular complexity index is 781. The number of ether oxygens (including phenoxy) is 1. The molecule has 0 fully saturated rings. The molecule has 0 spiro atoms. The Hall–Kier alpha value is -2.57. The summed E-state index contributed by atoms with van der Waals surface area (Å²) >= 11 is 0. The molecule has 1 aromatic carbocycles. The summed E-state index contributed by atoms with van der Waals surface area (Å²) in [6.07, 6.45) is 2.77. The first-order valence-corrected chi connectivity index (χ1v) is 12.0. The van der Waals surface area contributed by atoms with Gasteiger partial charge in [-0.1, -0.05) is 44.9 Å². The highest BCUT2D eigenvalue weighted by molar-refractivity contribution is 5.91. The van der Waals surface area contributed by atoms with E-state index in [0.717, 1.165) is 42.4 Å². The zero-order chi connectivity index (χ0) is 25.2. The molecule has 7 heteroatoms. The van der Waals surface area contributed by atoms with Crippen LogP contribution in [0.5, 0.6) is 0 Å². The lowest BCUT2D eigenvalue weighted by Crippen LogP contribution is -2.49. The van der Waals surface area contributed by atoms with Crippen molar-refractivity contribution in [3.8, 4) is 0 Å². The van der Waals surface area contributed by atoms with Crippen molar-refractivity contribution in [2.24, 2.45) is 0 Å². The van der Waals surface area contributed by atoms with Crippen LogP contribution in [0.2, 0.25) is 0 Å². The summed E-state index contributed by atoms with van der Waals surface area (Å²) in [4.78, 5) is 40.6. The summed E-state index contributed by atoms with van der Waals surface area (Å²) in [6.45, 7) is 15.5. The third-order valence-corrected chi connectivity index (χ3v) is 5.34. The van der Waals surface area contributed by atoms with Gasteiger partial charge in [0.05, 0.1) is 0 Å². The highest BCUT2D eigenvalue weighted by Gasteiger charge is 2.34. The first kappa shape index (κ1) is 28.5. The van der Waals surface area contributed by atoms with Crippen LogP contribution in [-0.2, 0) is 14.3 Å². The van der Waals surface area contributed by atoms with E-state index in [1.165, 1.54) is 0 Å². The fourth-order valence-electron chi connectivity index (χ4n) is 3.80. The van der Waals surface area contributed by atoms with Crippen LogP contribution in [0.4, 0.5) is 4.79 Å². The zero-order valence-electron chi connectivity index (χ0n) is 21.7. The second kappa shape index (κ2) is 13.2. The maximum absolute atomic E-state index is 13.6. The number of carbonyl (C=O) groups is 3. The van der Waals surface area contributed by atoms with E-state index in [4.69, 9.17) is 4.74 Å². The van der Waals surface area contributed by atoms with Gasteiger partial charge in [0.1, 0.15) is 18.2 Å². The van der Waals surface area contributed by atoms with Crippen molar-refractivity contribution in [1.82, 2.24) is 15.5 Å². The van der Waals surface area contributed by atoms with Gasteiger partial charge in [0, 0.05) is 12.6 Å². The molecule has 2 unspecified atom stereocenters. The normalized spacial score (nSPS) is 13.1. The SMILES string of the molecule is CCCCN(C(=O)CNC(=O)OC(C)(C)C)C(C(=O)NC(C)CCC)c1c(C)cccc1C. The van der Waals surface area contributed by atoms with Crippen molar-refractivity contribution in [1.29, 1.82) is 0 Å². The largest absolute Gasteiger partial charge is 0.444 e. The number of unbranched alkanes of at least 4 members (excludes halogenated alkanes) is 1. The summed E-state index contributed by atoms with van der Waals surface area (Å²) in [5, 5.41) is 5.64. The van der Waals surface area contributed by atoms with E-state index in [9.17, 15) is 14.4 Å². The average Bonchev–Trinajstić information content (AvgIpc) is 2.69. The highest BCUT2D eigenvalue weighted by Crippen LogP contribution is 2.28. The first-order valence-electron chi connectivity index (χ1n) is 12.0. The molecule has 3 amide bonds. The molecule has 0 aliphatic heterocycles. The third kappa shape index (κ3) is 9.44. The van der Waals surface area contributed by atoms with Crippen LogP contribution in [0, 0.1) is 13.8 Å². The molecule has 33 heavy (non-hydrogen) atoms. The van der Waals surface area contributed by atoms with E-state index in [1.54, 1.807) is 25.7 Å². The Morgan fingerprint density at radius 3 is 2.18 bits per heavy atom. The Morgan fingerprint density at radius 1 is 1.06 bits per heavy atom. The molecular formula is C26H43N3O4. The topological polar surface area (TPSA) is 87.7 Å². The van der Waals surface area contributed by atoms with Crippen molar-refractivity contribution >= 4 is 17.9 Å². The maximum atomic E-state index is 13.6. The van der Waals surface area contributed by atoms with Gasteiger partial charge in [-0.25, -0.2) is 4.79 Å². The minimum atomic E-state index is -0.773. The highest BCUT2D eigenvalue weighted by atomic mass is 16.6. The van der Waals surface area contributed by atoms with Crippen LogP contribution in [0.25, 0.3) is 0 Å². The number of carbonyl (C=O) groups excluding carboxylic acids is 3. The smallest absolute Gasteiger partial charge is 0.408 e. The lowest BCUT2D eigenvalue weighted by atomic mass is 9.93. The molecule has 0 aromatic heterocycles. The third-order valence-electron chi connectivity index (χ3n) is 5.34. The molecular weight excluding hydrogens is 418 g/mol. The Balaban J connectivity index is 3.29. The fraction of sp³-hybridized carbons (Fsp3) is 0.654. The molecule has 186 valence electrons. The van der Waals surface area contributed by atoms with Gasteiger partial charge in [-0.2, -0.15) is 0 Å². The zero-order valence-corrected chi connectivity index (χ0v) is 21.7. The predicted octanol–water partition coefficient (Wildman–Crippen LogP) is 4.80. The van der Waals surface area contributed by atoms with Gasteiger partial charge in [-0.05, 0) is 71.1 Å². The fourth-order valence-corrected chi connectivity index (χ4v) is 3.80. The summed E-state index contributed by atoms with van der Waals surface area (Å²) < 4.78 is 5.26. The molecule has 1 rings (SSSR count).